The average molecular weight is 126 g/mol. The standard InChI is InChI=1S/C6H10N2O/c7-3-1-5-6(9)2-4-8-5/h2,4,8-9H,1,3,7H2. The van der Waals surface area contributed by atoms with Crippen LogP contribution >= 0.6 is 0 Å². The molecule has 0 aromatic carbocycles. The van der Waals surface area contributed by atoms with Gasteiger partial charge in [0.2, 0.25) is 0 Å². The Labute approximate surface area is 53.5 Å². The maximum absolute atomic E-state index is 8.99. The largest absolute Gasteiger partial charge is 0.506 e. The molecule has 0 spiro atoms. The first-order chi connectivity index (χ1) is 4.34. The van der Waals surface area contributed by atoms with Gasteiger partial charge in [-0.3, -0.25) is 0 Å². The normalized spacial score (nSPS) is 9.89. The zero-order valence-corrected chi connectivity index (χ0v) is 5.09. The monoisotopic (exact) mass is 126 g/mol. The van der Waals surface area contributed by atoms with E-state index >= 15 is 0 Å². The highest BCUT2D eigenvalue weighted by atomic mass is 16.3. The molecule has 9 heavy (non-hydrogen) atoms. The molecule has 0 aliphatic heterocycles. The molecule has 3 nitrogen and oxygen atoms in total. The molecule has 0 saturated carbocycles. The molecule has 1 aromatic rings. The van der Waals surface area contributed by atoms with E-state index in [2.05, 4.69) is 4.98 Å². The predicted molar refractivity (Wildman–Crippen MR) is 35.2 cm³/mol. The lowest BCUT2D eigenvalue weighted by atomic mass is 10.3. The molecule has 0 radical (unpaired) electrons. The summed E-state index contributed by atoms with van der Waals surface area (Å²) in [5, 5.41) is 8.99. The summed E-state index contributed by atoms with van der Waals surface area (Å²) < 4.78 is 0. The zero-order chi connectivity index (χ0) is 6.69. The third kappa shape index (κ3) is 1.23. The quantitative estimate of drug-likeness (QED) is 0.531. The van der Waals surface area contributed by atoms with E-state index in [4.69, 9.17) is 10.8 Å². The van der Waals surface area contributed by atoms with Crippen LogP contribution in [-0.2, 0) is 6.42 Å². The summed E-state index contributed by atoms with van der Waals surface area (Å²) in [5.41, 5.74) is 6.07. The van der Waals surface area contributed by atoms with Crippen LogP contribution in [0.3, 0.4) is 0 Å². The molecule has 1 aromatic heterocycles. The third-order valence-electron chi connectivity index (χ3n) is 1.20. The van der Waals surface area contributed by atoms with Gasteiger partial charge in [0, 0.05) is 12.6 Å². The Morgan fingerprint density at radius 2 is 2.44 bits per heavy atom. The Bertz CT molecular complexity index is 183. The molecular weight excluding hydrogens is 116 g/mol. The Morgan fingerprint density at radius 1 is 1.67 bits per heavy atom. The fourth-order valence-corrected chi connectivity index (χ4v) is 0.740. The van der Waals surface area contributed by atoms with Crippen molar-refractivity contribution in [3.63, 3.8) is 0 Å². The summed E-state index contributed by atoms with van der Waals surface area (Å²) in [6.45, 7) is 0.564. The lowest BCUT2D eigenvalue weighted by Crippen LogP contribution is -2.02. The Hall–Kier alpha value is -0.960. The van der Waals surface area contributed by atoms with Crippen LogP contribution in [0.5, 0.6) is 5.75 Å². The van der Waals surface area contributed by atoms with E-state index in [0.29, 0.717) is 18.7 Å². The van der Waals surface area contributed by atoms with Gasteiger partial charge in [-0.25, -0.2) is 0 Å². The van der Waals surface area contributed by atoms with Gasteiger partial charge in [-0.1, -0.05) is 0 Å². The highest BCUT2D eigenvalue weighted by Gasteiger charge is 1.97. The number of H-pyrrole nitrogens is 1. The maximum atomic E-state index is 8.99. The van der Waals surface area contributed by atoms with Crippen molar-refractivity contribution in [2.75, 3.05) is 6.54 Å². The van der Waals surface area contributed by atoms with E-state index in [1.54, 1.807) is 12.3 Å². The molecule has 0 saturated heterocycles. The summed E-state index contributed by atoms with van der Waals surface area (Å²) >= 11 is 0. The Balaban J connectivity index is 2.69. The van der Waals surface area contributed by atoms with Crippen LogP contribution in [0.15, 0.2) is 12.3 Å². The van der Waals surface area contributed by atoms with Crippen molar-refractivity contribution in [3.8, 4) is 5.75 Å². The molecule has 0 aliphatic carbocycles. The van der Waals surface area contributed by atoms with Crippen molar-refractivity contribution in [2.45, 2.75) is 6.42 Å². The van der Waals surface area contributed by atoms with Crippen LogP contribution in [-0.4, -0.2) is 16.6 Å². The van der Waals surface area contributed by atoms with Gasteiger partial charge in [-0.2, -0.15) is 0 Å². The topological polar surface area (TPSA) is 62.0 Å². The Morgan fingerprint density at radius 3 is 2.89 bits per heavy atom. The lowest BCUT2D eigenvalue weighted by Gasteiger charge is -1.92. The number of nitrogens with one attached hydrogen (secondary N) is 1. The number of hydrogen-bond acceptors (Lipinski definition) is 2. The minimum Gasteiger partial charge on any atom is -0.506 e. The van der Waals surface area contributed by atoms with E-state index in [9.17, 15) is 0 Å². The van der Waals surface area contributed by atoms with Gasteiger partial charge >= 0.3 is 0 Å². The van der Waals surface area contributed by atoms with Gasteiger partial charge in [-0.05, 0) is 12.6 Å². The summed E-state index contributed by atoms with van der Waals surface area (Å²) in [5.74, 6) is 0.306. The molecule has 0 unspecified atom stereocenters. The average Bonchev–Trinajstić information content (AvgIpc) is 2.18. The molecule has 0 bridgehead atoms. The molecule has 0 atom stereocenters. The minimum absolute atomic E-state index is 0.306. The van der Waals surface area contributed by atoms with Crippen LogP contribution < -0.4 is 5.73 Å². The second kappa shape index (κ2) is 2.55. The van der Waals surface area contributed by atoms with Crippen LogP contribution in [0, 0.1) is 0 Å². The summed E-state index contributed by atoms with van der Waals surface area (Å²) in [7, 11) is 0. The van der Waals surface area contributed by atoms with Gasteiger partial charge in [0.25, 0.3) is 0 Å². The van der Waals surface area contributed by atoms with Crippen LogP contribution in [0.25, 0.3) is 0 Å². The molecule has 4 N–H and O–H groups in total. The molecule has 0 amide bonds. The maximum Gasteiger partial charge on any atom is 0.136 e. The van der Waals surface area contributed by atoms with Gasteiger partial charge in [0.1, 0.15) is 5.75 Å². The number of aromatic nitrogens is 1. The van der Waals surface area contributed by atoms with Crippen molar-refractivity contribution in [1.29, 1.82) is 0 Å². The number of aromatic amines is 1. The van der Waals surface area contributed by atoms with Crippen molar-refractivity contribution < 1.29 is 5.11 Å². The van der Waals surface area contributed by atoms with Crippen molar-refractivity contribution in [3.05, 3.63) is 18.0 Å². The predicted octanol–water partition coefficient (Wildman–Crippen LogP) is 0.221. The van der Waals surface area contributed by atoms with Crippen LogP contribution in [0.4, 0.5) is 0 Å². The van der Waals surface area contributed by atoms with Crippen molar-refractivity contribution >= 4 is 0 Å². The number of aromatic hydroxyl groups is 1. The van der Waals surface area contributed by atoms with E-state index < -0.39 is 0 Å². The van der Waals surface area contributed by atoms with E-state index in [-0.39, 0.29) is 0 Å². The van der Waals surface area contributed by atoms with Gasteiger partial charge in [0.15, 0.2) is 0 Å². The first-order valence-electron chi connectivity index (χ1n) is 2.90. The number of hydrogen-bond donors (Lipinski definition) is 3. The highest BCUT2D eigenvalue weighted by molar-refractivity contribution is 5.25. The second-order valence-corrected chi connectivity index (χ2v) is 1.88. The summed E-state index contributed by atoms with van der Waals surface area (Å²) in [6, 6.07) is 1.62. The first-order valence-corrected chi connectivity index (χ1v) is 2.90. The molecule has 1 rings (SSSR count). The summed E-state index contributed by atoms with van der Waals surface area (Å²) in [4.78, 5) is 2.88. The van der Waals surface area contributed by atoms with Gasteiger partial charge < -0.3 is 15.8 Å². The zero-order valence-electron chi connectivity index (χ0n) is 5.09. The lowest BCUT2D eigenvalue weighted by molar-refractivity contribution is 0.468. The molecule has 0 aliphatic rings. The van der Waals surface area contributed by atoms with E-state index in [1.807, 2.05) is 0 Å². The molecule has 50 valence electrons. The SMILES string of the molecule is NCCc1[nH]ccc1O. The highest BCUT2D eigenvalue weighted by Crippen LogP contribution is 2.13. The van der Waals surface area contributed by atoms with E-state index in [1.165, 1.54) is 0 Å². The van der Waals surface area contributed by atoms with Crippen LogP contribution in [0.1, 0.15) is 5.69 Å². The first kappa shape index (κ1) is 6.16. The molecule has 0 fully saturated rings. The summed E-state index contributed by atoms with van der Waals surface area (Å²) in [6.07, 6.45) is 2.40. The second-order valence-electron chi connectivity index (χ2n) is 1.88. The van der Waals surface area contributed by atoms with Gasteiger partial charge in [0.05, 0.1) is 5.69 Å². The minimum atomic E-state index is 0.306. The Kier molecular flexibility index (Phi) is 1.75. The molecule has 1 heterocycles. The van der Waals surface area contributed by atoms with Crippen molar-refractivity contribution in [1.82, 2.24) is 4.98 Å². The number of rotatable bonds is 2. The smallest absolute Gasteiger partial charge is 0.136 e. The fraction of sp³-hybridized carbons (Fsp3) is 0.333. The fourth-order valence-electron chi connectivity index (χ4n) is 0.740. The van der Waals surface area contributed by atoms with Crippen LogP contribution in [0.2, 0.25) is 0 Å². The third-order valence-corrected chi connectivity index (χ3v) is 1.20. The van der Waals surface area contributed by atoms with Crippen molar-refractivity contribution in [2.24, 2.45) is 5.73 Å². The van der Waals surface area contributed by atoms with E-state index in [0.717, 1.165) is 5.69 Å². The molecular formula is C6H10N2O. The number of nitrogens with two attached hydrogens (primary N) is 1. The van der Waals surface area contributed by atoms with Gasteiger partial charge in [-0.15, -0.1) is 0 Å². The molecule has 3 heteroatoms.